The SMILES string of the molecule is Cc1ccc(-n2nc(C)c(C(=O)Nc3ccc(OCC#N)cc3)n2)c(C)c1. The van der Waals surface area contributed by atoms with Crippen LogP contribution in [0.2, 0.25) is 0 Å². The predicted molar refractivity (Wildman–Crippen MR) is 101 cm³/mol. The Bertz CT molecular complexity index is 1020. The quantitative estimate of drug-likeness (QED) is 0.752. The molecule has 0 saturated carbocycles. The number of aromatic nitrogens is 3. The Kier molecular flexibility index (Phi) is 5.18. The normalized spacial score (nSPS) is 10.3. The number of nitrogens with zero attached hydrogens (tertiary/aromatic N) is 4. The lowest BCUT2D eigenvalue weighted by Crippen LogP contribution is -2.14. The molecule has 0 atom stereocenters. The Morgan fingerprint density at radius 2 is 1.89 bits per heavy atom. The molecule has 27 heavy (non-hydrogen) atoms. The van der Waals surface area contributed by atoms with Gasteiger partial charge in [-0.1, -0.05) is 17.7 Å². The Morgan fingerprint density at radius 3 is 2.56 bits per heavy atom. The van der Waals surface area contributed by atoms with E-state index in [-0.39, 0.29) is 18.2 Å². The molecule has 136 valence electrons. The molecular weight excluding hydrogens is 342 g/mol. The lowest BCUT2D eigenvalue weighted by atomic mass is 10.1. The van der Waals surface area contributed by atoms with Crippen LogP contribution in [0.25, 0.3) is 5.69 Å². The van der Waals surface area contributed by atoms with Crippen LogP contribution in [-0.2, 0) is 0 Å². The van der Waals surface area contributed by atoms with Crippen LogP contribution >= 0.6 is 0 Å². The van der Waals surface area contributed by atoms with Crippen LogP contribution in [0.3, 0.4) is 0 Å². The summed E-state index contributed by atoms with van der Waals surface area (Å²) in [5.74, 6) is 0.223. The van der Waals surface area contributed by atoms with E-state index in [0.29, 0.717) is 17.1 Å². The Labute approximate surface area is 157 Å². The molecule has 0 unspecified atom stereocenters. The fourth-order valence-corrected chi connectivity index (χ4v) is 2.67. The van der Waals surface area contributed by atoms with Crippen molar-refractivity contribution < 1.29 is 9.53 Å². The first kappa shape index (κ1) is 18.1. The molecule has 2 aromatic carbocycles. The van der Waals surface area contributed by atoms with E-state index in [2.05, 4.69) is 15.5 Å². The summed E-state index contributed by atoms with van der Waals surface area (Å²) in [6.07, 6.45) is 0. The third-order valence-electron chi connectivity index (χ3n) is 3.98. The third kappa shape index (κ3) is 4.12. The van der Waals surface area contributed by atoms with E-state index in [1.54, 1.807) is 31.2 Å². The number of benzene rings is 2. The molecule has 1 heterocycles. The standard InChI is InChI=1S/C20H19N5O2/c1-13-4-9-18(14(2)12-13)25-23-15(3)19(24-25)20(26)22-16-5-7-17(8-6-16)27-11-10-21/h4-9,12H,11H2,1-3H3,(H,22,26). The molecule has 0 saturated heterocycles. The van der Waals surface area contributed by atoms with Gasteiger partial charge < -0.3 is 10.1 Å². The number of nitriles is 1. The first-order chi connectivity index (χ1) is 13.0. The van der Waals surface area contributed by atoms with Crippen molar-refractivity contribution in [3.05, 3.63) is 65.0 Å². The number of hydrogen-bond donors (Lipinski definition) is 1. The molecule has 0 aliphatic heterocycles. The van der Waals surface area contributed by atoms with Crippen molar-refractivity contribution in [2.45, 2.75) is 20.8 Å². The zero-order valence-electron chi connectivity index (χ0n) is 15.4. The first-order valence-corrected chi connectivity index (χ1v) is 8.40. The molecule has 1 aromatic heterocycles. The highest BCUT2D eigenvalue weighted by molar-refractivity contribution is 6.03. The number of nitrogens with one attached hydrogen (secondary N) is 1. The maximum Gasteiger partial charge on any atom is 0.278 e. The van der Waals surface area contributed by atoms with Crippen molar-refractivity contribution in [1.29, 1.82) is 5.26 Å². The van der Waals surface area contributed by atoms with Crippen molar-refractivity contribution in [2.75, 3.05) is 11.9 Å². The summed E-state index contributed by atoms with van der Waals surface area (Å²) < 4.78 is 5.19. The number of aryl methyl sites for hydroxylation is 3. The van der Waals surface area contributed by atoms with E-state index in [1.165, 1.54) is 4.80 Å². The van der Waals surface area contributed by atoms with Gasteiger partial charge in [-0.15, -0.1) is 5.10 Å². The van der Waals surface area contributed by atoms with E-state index in [1.807, 2.05) is 38.1 Å². The molecule has 0 radical (unpaired) electrons. The van der Waals surface area contributed by atoms with Crippen molar-refractivity contribution in [3.63, 3.8) is 0 Å². The second kappa shape index (κ2) is 7.70. The van der Waals surface area contributed by atoms with Gasteiger partial charge in [-0.3, -0.25) is 4.79 Å². The molecule has 1 amide bonds. The minimum Gasteiger partial charge on any atom is -0.479 e. The highest BCUT2D eigenvalue weighted by atomic mass is 16.5. The topological polar surface area (TPSA) is 92.8 Å². The van der Waals surface area contributed by atoms with Gasteiger partial charge in [0.05, 0.1) is 11.4 Å². The summed E-state index contributed by atoms with van der Waals surface area (Å²) in [5.41, 5.74) is 4.43. The lowest BCUT2D eigenvalue weighted by molar-refractivity contribution is 0.102. The highest BCUT2D eigenvalue weighted by Gasteiger charge is 2.17. The van der Waals surface area contributed by atoms with Gasteiger partial charge in [-0.05, 0) is 56.7 Å². The van der Waals surface area contributed by atoms with E-state index in [4.69, 9.17) is 10.00 Å². The molecule has 0 aliphatic rings. The number of rotatable bonds is 5. The fraction of sp³-hybridized carbons (Fsp3) is 0.200. The van der Waals surface area contributed by atoms with Gasteiger partial charge in [0, 0.05) is 5.69 Å². The van der Waals surface area contributed by atoms with Crippen molar-refractivity contribution in [1.82, 2.24) is 15.0 Å². The van der Waals surface area contributed by atoms with Crippen LogP contribution in [0.4, 0.5) is 5.69 Å². The molecule has 0 bridgehead atoms. The van der Waals surface area contributed by atoms with Crippen LogP contribution < -0.4 is 10.1 Å². The summed E-state index contributed by atoms with van der Waals surface area (Å²) in [7, 11) is 0. The maximum atomic E-state index is 12.6. The average molecular weight is 361 g/mol. The summed E-state index contributed by atoms with van der Waals surface area (Å²) in [6.45, 7) is 5.73. The lowest BCUT2D eigenvalue weighted by Gasteiger charge is -2.06. The maximum absolute atomic E-state index is 12.6. The zero-order chi connectivity index (χ0) is 19.4. The van der Waals surface area contributed by atoms with Gasteiger partial charge in [0.2, 0.25) is 0 Å². The van der Waals surface area contributed by atoms with Gasteiger partial charge in [-0.2, -0.15) is 15.2 Å². The minimum atomic E-state index is -0.339. The number of hydrogen-bond acceptors (Lipinski definition) is 5. The van der Waals surface area contributed by atoms with E-state index >= 15 is 0 Å². The van der Waals surface area contributed by atoms with Crippen molar-refractivity contribution in [2.24, 2.45) is 0 Å². The molecule has 7 heteroatoms. The summed E-state index contributed by atoms with van der Waals surface area (Å²) in [6, 6.07) is 14.6. The number of ether oxygens (including phenoxy) is 1. The monoisotopic (exact) mass is 361 g/mol. The largest absolute Gasteiger partial charge is 0.479 e. The Balaban J connectivity index is 1.77. The molecule has 0 aliphatic carbocycles. The molecule has 0 fully saturated rings. The third-order valence-corrected chi connectivity index (χ3v) is 3.98. The van der Waals surface area contributed by atoms with Gasteiger partial charge in [-0.25, -0.2) is 0 Å². The number of carbonyl (C=O) groups is 1. The molecule has 3 rings (SSSR count). The first-order valence-electron chi connectivity index (χ1n) is 8.40. The smallest absolute Gasteiger partial charge is 0.278 e. The molecule has 1 N–H and O–H groups in total. The summed E-state index contributed by atoms with van der Waals surface area (Å²) >= 11 is 0. The predicted octanol–water partition coefficient (Wildman–Crippen LogP) is 3.35. The van der Waals surface area contributed by atoms with Crippen LogP contribution in [0.1, 0.15) is 27.3 Å². The van der Waals surface area contributed by atoms with E-state index < -0.39 is 0 Å². The van der Waals surface area contributed by atoms with Crippen LogP contribution in [0.5, 0.6) is 5.75 Å². The van der Waals surface area contributed by atoms with Crippen LogP contribution in [0, 0.1) is 32.1 Å². The molecule has 3 aromatic rings. The van der Waals surface area contributed by atoms with Crippen molar-refractivity contribution in [3.8, 4) is 17.5 Å². The highest BCUT2D eigenvalue weighted by Crippen LogP contribution is 2.18. The van der Waals surface area contributed by atoms with Crippen molar-refractivity contribution >= 4 is 11.6 Å². The van der Waals surface area contributed by atoms with E-state index in [9.17, 15) is 4.79 Å². The Morgan fingerprint density at radius 1 is 1.15 bits per heavy atom. The average Bonchev–Trinajstić information content (AvgIpc) is 3.02. The summed E-state index contributed by atoms with van der Waals surface area (Å²) in [4.78, 5) is 14.1. The van der Waals surface area contributed by atoms with Gasteiger partial charge in [0.15, 0.2) is 12.3 Å². The molecular formula is C20H19N5O2. The Hall–Kier alpha value is -3.66. The van der Waals surface area contributed by atoms with Gasteiger partial charge in [0.25, 0.3) is 5.91 Å². The van der Waals surface area contributed by atoms with Gasteiger partial charge in [0.1, 0.15) is 11.8 Å². The zero-order valence-corrected chi connectivity index (χ0v) is 15.4. The van der Waals surface area contributed by atoms with Crippen LogP contribution in [0.15, 0.2) is 42.5 Å². The number of anilines is 1. The van der Waals surface area contributed by atoms with E-state index in [0.717, 1.165) is 16.8 Å². The van der Waals surface area contributed by atoms with Crippen LogP contribution in [-0.4, -0.2) is 27.5 Å². The second-order valence-electron chi connectivity index (χ2n) is 6.14. The molecule has 7 nitrogen and oxygen atoms in total. The summed E-state index contributed by atoms with van der Waals surface area (Å²) in [5, 5.41) is 20.1. The molecule has 0 spiro atoms. The number of amides is 1. The second-order valence-corrected chi connectivity index (χ2v) is 6.14. The number of carbonyl (C=O) groups excluding carboxylic acids is 1. The minimum absolute atomic E-state index is 0.0214. The van der Waals surface area contributed by atoms with Gasteiger partial charge >= 0.3 is 0 Å². The fourth-order valence-electron chi connectivity index (χ4n) is 2.67.